The number of nitrogens with zero attached hydrogens (tertiary/aromatic N) is 1. The van der Waals surface area contributed by atoms with Crippen LogP contribution in [-0.4, -0.2) is 12.5 Å². The Balaban J connectivity index is 1.77. The number of fused-ring (bicyclic) bond motifs is 2. The Labute approximate surface area is 131 Å². The van der Waals surface area contributed by atoms with Crippen LogP contribution in [0.3, 0.4) is 0 Å². The van der Waals surface area contributed by atoms with E-state index < -0.39 is 0 Å². The number of benzene rings is 2. The van der Waals surface area contributed by atoms with Crippen LogP contribution < -0.4 is 4.90 Å². The lowest BCUT2D eigenvalue weighted by molar-refractivity contribution is 0.0989. The maximum atomic E-state index is 13.8. The summed E-state index contributed by atoms with van der Waals surface area (Å²) in [6.45, 7) is 0.715. The molecule has 0 radical (unpaired) electrons. The molecule has 2 aromatic carbocycles. The van der Waals surface area contributed by atoms with Crippen molar-refractivity contribution in [3.05, 3.63) is 64.8 Å². The summed E-state index contributed by atoms with van der Waals surface area (Å²) < 4.78 is 14.6. The second kappa shape index (κ2) is 5.21. The van der Waals surface area contributed by atoms with Crippen LogP contribution in [0.25, 0.3) is 10.1 Å². The van der Waals surface area contributed by atoms with E-state index in [1.807, 2.05) is 29.2 Å². The van der Waals surface area contributed by atoms with E-state index in [0.717, 1.165) is 23.2 Å². The molecule has 4 heteroatoms. The molecule has 0 aliphatic carbocycles. The van der Waals surface area contributed by atoms with Gasteiger partial charge in [-0.25, -0.2) is 4.39 Å². The highest BCUT2D eigenvalue weighted by molar-refractivity contribution is 7.20. The third-order valence-electron chi connectivity index (χ3n) is 4.07. The Morgan fingerprint density at radius 3 is 2.86 bits per heavy atom. The predicted octanol–water partition coefficient (Wildman–Crippen LogP) is 4.63. The number of para-hydroxylation sites is 1. The smallest absolute Gasteiger partial charge is 0.268 e. The third kappa shape index (κ3) is 2.11. The summed E-state index contributed by atoms with van der Waals surface area (Å²) in [5.41, 5.74) is 2.19. The molecule has 110 valence electrons. The monoisotopic (exact) mass is 311 g/mol. The highest BCUT2D eigenvalue weighted by Crippen LogP contribution is 2.32. The molecule has 1 aromatic heterocycles. The van der Waals surface area contributed by atoms with E-state index in [4.69, 9.17) is 0 Å². The van der Waals surface area contributed by atoms with Crippen LogP contribution in [0.1, 0.15) is 21.7 Å². The van der Waals surface area contributed by atoms with Gasteiger partial charge in [-0.05, 0) is 42.7 Å². The van der Waals surface area contributed by atoms with Crippen LogP contribution in [0.5, 0.6) is 0 Å². The SMILES string of the molecule is O=C(c1cc2c(F)cccc2s1)N1CCCc2ccccc21. The first kappa shape index (κ1) is 13.5. The van der Waals surface area contributed by atoms with Crippen molar-refractivity contribution < 1.29 is 9.18 Å². The van der Waals surface area contributed by atoms with Crippen LogP contribution in [0.2, 0.25) is 0 Å². The van der Waals surface area contributed by atoms with E-state index in [1.54, 1.807) is 12.1 Å². The first-order valence-electron chi connectivity index (χ1n) is 7.32. The molecule has 0 atom stereocenters. The minimum Gasteiger partial charge on any atom is -0.307 e. The number of rotatable bonds is 1. The molecule has 0 N–H and O–H groups in total. The van der Waals surface area contributed by atoms with Crippen molar-refractivity contribution in [3.8, 4) is 0 Å². The van der Waals surface area contributed by atoms with Crippen molar-refractivity contribution in [2.75, 3.05) is 11.4 Å². The minimum atomic E-state index is -0.271. The second-order valence-electron chi connectivity index (χ2n) is 5.45. The Morgan fingerprint density at radius 1 is 1.14 bits per heavy atom. The highest BCUT2D eigenvalue weighted by Gasteiger charge is 2.24. The maximum absolute atomic E-state index is 13.8. The fourth-order valence-corrected chi connectivity index (χ4v) is 4.03. The highest BCUT2D eigenvalue weighted by atomic mass is 32.1. The van der Waals surface area contributed by atoms with Gasteiger partial charge in [-0.3, -0.25) is 4.79 Å². The molecule has 4 rings (SSSR count). The van der Waals surface area contributed by atoms with Gasteiger partial charge in [-0.15, -0.1) is 11.3 Å². The number of anilines is 1. The molecule has 3 aromatic rings. The van der Waals surface area contributed by atoms with Crippen molar-refractivity contribution in [1.82, 2.24) is 0 Å². The predicted molar refractivity (Wildman–Crippen MR) is 88.2 cm³/mol. The fourth-order valence-electron chi connectivity index (χ4n) is 3.01. The van der Waals surface area contributed by atoms with Crippen LogP contribution in [0, 0.1) is 5.82 Å². The molecule has 2 nitrogen and oxygen atoms in total. The molecular weight excluding hydrogens is 297 g/mol. The zero-order chi connectivity index (χ0) is 15.1. The summed E-state index contributed by atoms with van der Waals surface area (Å²) in [5.74, 6) is -0.306. The van der Waals surface area contributed by atoms with Gasteiger partial charge in [0.2, 0.25) is 0 Å². The molecule has 1 aliphatic rings. The quantitative estimate of drug-likeness (QED) is 0.641. The summed E-state index contributed by atoms with van der Waals surface area (Å²) in [6, 6.07) is 14.6. The van der Waals surface area contributed by atoms with Gasteiger partial charge in [0.1, 0.15) is 5.82 Å². The molecule has 0 spiro atoms. The standard InChI is InChI=1S/C18H14FNOS/c19-14-7-3-9-16-13(14)11-17(22-16)18(21)20-10-4-6-12-5-1-2-8-15(12)20/h1-3,5,7-9,11H,4,6,10H2. The lowest BCUT2D eigenvalue weighted by atomic mass is 10.0. The average molecular weight is 311 g/mol. The Morgan fingerprint density at radius 2 is 2.00 bits per heavy atom. The van der Waals surface area contributed by atoms with Gasteiger partial charge in [-0.1, -0.05) is 24.3 Å². The molecule has 0 saturated heterocycles. The number of hydrogen-bond acceptors (Lipinski definition) is 2. The van der Waals surface area contributed by atoms with Gasteiger partial charge < -0.3 is 4.90 Å². The zero-order valence-corrected chi connectivity index (χ0v) is 12.7. The van der Waals surface area contributed by atoms with E-state index >= 15 is 0 Å². The number of hydrogen-bond donors (Lipinski definition) is 0. The topological polar surface area (TPSA) is 20.3 Å². The van der Waals surface area contributed by atoms with Gasteiger partial charge >= 0.3 is 0 Å². The van der Waals surface area contributed by atoms with E-state index in [0.29, 0.717) is 16.8 Å². The molecule has 1 amide bonds. The van der Waals surface area contributed by atoms with E-state index in [-0.39, 0.29) is 11.7 Å². The first-order valence-corrected chi connectivity index (χ1v) is 8.13. The summed E-state index contributed by atoms with van der Waals surface area (Å²) in [7, 11) is 0. The normalized spacial score (nSPS) is 14.1. The Hall–Kier alpha value is -2.20. The third-order valence-corrected chi connectivity index (χ3v) is 5.16. The zero-order valence-electron chi connectivity index (χ0n) is 11.9. The molecule has 0 saturated carbocycles. The van der Waals surface area contributed by atoms with E-state index in [2.05, 4.69) is 6.07 Å². The van der Waals surface area contributed by atoms with Gasteiger partial charge in [0.05, 0.1) is 4.88 Å². The van der Waals surface area contributed by atoms with Crippen molar-refractivity contribution in [2.45, 2.75) is 12.8 Å². The van der Waals surface area contributed by atoms with E-state index in [1.165, 1.54) is 23.0 Å². The lowest BCUT2D eigenvalue weighted by Gasteiger charge is -2.29. The molecule has 0 fully saturated rings. The van der Waals surface area contributed by atoms with Gasteiger partial charge in [0, 0.05) is 22.3 Å². The van der Waals surface area contributed by atoms with Crippen LogP contribution in [0.4, 0.5) is 10.1 Å². The van der Waals surface area contributed by atoms with Crippen LogP contribution in [-0.2, 0) is 6.42 Å². The second-order valence-corrected chi connectivity index (χ2v) is 6.54. The number of carbonyl (C=O) groups excluding carboxylic acids is 1. The lowest BCUT2D eigenvalue weighted by Crippen LogP contribution is -2.34. The maximum Gasteiger partial charge on any atom is 0.268 e. The molecule has 1 aliphatic heterocycles. The number of carbonyl (C=O) groups is 1. The number of thiophene rings is 1. The van der Waals surface area contributed by atoms with Crippen LogP contribution in [0.15, 0.2) is 48.5 Å². The molecule has 0 bridgehead atoms. The summed E-state index contributed by atoms with van der Waals surface area (Å²) in [4.78, 5) is 15.3. The van der Waals surface area contributed by atoms with E-state index in [9.17, 15) is 9.18 Å². The number of halogens is 1. The van der Waals surface area contributed by atoms with Crippen molar-refractivity contribution in [1.29, 1.82) is 0 Å². The summed E-state index contributed by atoms with van der Waals surface area (Å²) in [5, 5.41) is 0.529. The van der Waals surface area contributed by atoms with Gasteiger partial charge in [0.25, 0.3) is 5.91 Å². The minimum absolute atomic E-state index is 0.0345. The van der Waals surface area contributed by atoms with Crippen LogP contribution >= 0.6 is 11.3 Å². The molecular formula is C18H14FNOS. The Bertz CT molecular complexity index is 870. The van der Waals surface area contributed by atoms with Gasteiger partial charge in [0.15, 0.2) is 0 Å². The molecule has 2 heterocycles. The fraction of sp³-hybridized carbons (Fsp3) is 0.167. The van der Waals surface area contributed by atoms with Crippen molar-refractivity contribution >= 4 is 33.0 Å². The summed E-state index contributed by atoms with van der Waals surface area (Å²) in [6.07, 6.45) is 1.96. The Kier molecular flexibility index (Phi) is 3.19. The number of aryl methyl sites for hydroxylation is 1. The van der Waals surface area contributed by atoms with Crippen molar-refractivity contribution in [3.63, 3.8) is 0 Å². The van der Waals surface area contributed by atoms with Gasteiger partial charge in [-0.2, -0.15) is 0 Å². The molecule has 22 heavy (non-hydrogen) atoms. The average Bonchev–Trinajstić information content (AvgIpc) is 2.99. The largest absolute Gasteiger partial charge is 0.307 e. The number of amides is 1. The summed E-state index contributed by atoms with van der Waals surface area (Å²) >= 11 is 1.36. The van der Waals surface area contributed by atoms with Crippen molar-refractivity contribution in [2.24, 2.45) is 0 Å². The first-order chi connectivity index (χ1) is 10.7. The molecule has 0 unspecified atom stereocenters.